The number of rotatable bonds is 6. The fourth-order valence-electron chi connectivity index (χ4n) is 1.81. The van der Waals surface area contributed by atoms with Crippen molar-refractivity contribution in [1.29, 1.82) is 0 Å². The van der Waals surface area contributed by atoms with Gasteiger partial charge in [-0.2, -0.15) is 5.10 Å². The van der Waals surface area contributed by atoms with Gasteiger partial charge in [-0.1, -0.05) is 22.9 Å². The second-order valence-corrected chi connectivity index (χ2v) is 7.88. The maximum atomic E-state index is 12.3. The third-order valence-electron chi connectivity index (χ3n) is 3.38. The molecular weight excluding hydrogens is 406 g/mol. The van der Waals surface area contributed by atoms with E-state index in [1.165, 1.54) is 36.4 Å². The monoisotopic (exact) mass is 423 g/mol. The predicted molar refractivity (Wildman–Crippen MR) is 102 cm³/mol. The summed E-state index contributed by atoms with van der Waals surface area (Å²) >= 11 is 3.26. The Balaban J connectivity index is 2.09. The zero-order chi connectivity index (χ0) is 18.4. The van der Waals surface area contributed by atoms with Crippen LogP contribution in [0.2, 0.25) is 0 Å². The number of amides is 1. The van der Waals surface area contributed by atoms with Gasteiger partial charge in [-0.25, -0.2) is 13.8 Å². The van der Waals surface area contributed by atoms with Crippen LogP contribution in [-0.2, 0) is 10.0 Å². The van der Waals surface area contributed by atoms with E-state index >= 15 is 0 Å². The van der Waals surface area contributed by atoms with Gasteiger partial charge in [0.2, 0.25) is 0 Å². The Morgan fingerprint density at radius 1 is 1.08 bits per heavy atom. The van der Waals surface area contributed by atoms with Gasteiger partial charge in [0.25, 0.3) is 15.9 Å². The molecule has 0 bridgehead atoms. The SMILES string of the molecule is CC/C(C)=N/NC(=O)c1ccc(NS(=O)(=O)c2ccc(Br)cc2)cc1. The Labute approximate surface area is 155 Å². The van der Waals surface area contributed by atoms with Gasteiger partial charge in [0.15, 0.2) is 0 Å². The fraction of sp³-hybridized carbons (Fsp3) is 0.176. The number of hydrogen-bond donors (Lipinski definition) is 2. The number of anilines is 1. The lowest BCUT2D eigenvalue weighted by atomic mass is 10.2. The Morgan fingerprint density at radius 2 is 1.68 bits per heavy atom. The molecule has 0 heterocycles. The van der Waals surface area contributed by atoms with Crippen LogP contribution in [0.1, 0.15) is 30.6 Å². The molecule has 6 nitrogen and oxygen atoms in total. The van der Waals surface area contributed by atoms with E-state index < -0.39 is 10.0 Å². The zero-order valence-electron chi connectivity index (χ0n) is 13.8. The largest absolute Gasteiger partial charge is 0.280 e. The summed E-state index contributed by atoms with van der Waals surface area (Å²) in [5.41, 5.74) is 4.02. The smallest absolute Gasteiger partial charge is 0.271 e. The topological polar surface area (TPSA) is 87.6 Å². The molecule has 0 saturated carbocycles. The molecule has 0 unspecified atom stereocenters. The van der Waals surface area contributed by atoms with Gasteiger partial charge in [-0.15, -0.1) is 0 Å². The van der Waals surface area contributed by atoms with Gasteiger partial charge in [-0.3, -0.25) is 9.52 Å². The van der Waals surface area contributed by atoms with Crippen LogP contribution in [0.25, 0.3) is 0 Å². The second kappa shape index (κ2) is 8.26. The van der Waals surface area contributed by atoms with E-state index in [2.05, 4.69) is 31.2 Å². The van der Waals surface area contributed by atoms with Gasteiger partial charge >= 0.3 is 0 Å². The van der Waals surface area contributed by atoms with Crippen molar-refractivity contribution < 1.29 is 13.2 Å². The van der Waals surface area contributed by atoms with Gasteiger partial charge in [0, 0.05) is 21.4 Å². The van der Waals surface area contributed by atoms with Crippen molar-refractivity contribution >= 4 is 43.3 Å². The van der Waals surface area contributed by atoms with Crippen molar-refractivity contribution in [2.24, 2.45) is 5.10 Å². The predicted octanol–water partition coefficient (Wildman–Crippen LogP) is 3.77. The quantitative estimate of drug-likeness (QED) is 0.547. The molecule has 0 aliphatic rings. The Hall–Kier alpha value is -2.19. The molecule has 0 aliphatic heterocycles. The molecule has 0 radical (unpaired) electrons. The van der Waals surface area contributed by atoms with E-state index in [-0.39, 0.29) is 10.8 Å². The molecule has 0 saturated heterocycles. The Morgan fingerprint density at radius 3 is 2.24 bits per heavy atom. The first kappa shape index (κ1) is 19.1. The summed E-state index contributed by atoms with van der Waals surface area (Å²) in [7, 11) is -3.68. The molecule has 132 valence electrons. The minimum Gasteiger partial charge on any atom is -0.280 e. The number of hydrazone groups is 1. The van der Waals surface area contributed by atoms with Crippen molar-refractivity contribution in [2.45, 2.75) is 25.2 Å². The molecule has 2 N–H and O–H groups in total. The lowest BCUT2D eigenvalue weighted by molar-refractivity contribution is 0.0954. The lowest BCUT2D eigenvalue weighted by Gasteiger charge is -2.09. The molecular formula is C17H18BrN3O3S. The number of carbonyl (C=O) groups excluding carboxylic acids is 1. The lowest BCUT2D eigenvalue weighted by Crippen LogP contribution is -2.19. The van der Waals surface area contributed by atoms with E-state index in [1.54, 1.807) is 12.1 Å². The van der Waals surface area contributed by atoms with E-state index in [0.29, 0.717) is 11.3 Å². The summed E-state index contributed by atoms with van der Waals surface area (Å²) in [6, 6.07) is 12.4. The number of carbonyl (C=O) groups is 1. The highest BCUT2D eigenvalue weighted by Gasteiger charge is 2.14. The number of nitrogens with zero attached hydrogens (tertiary/aromatic N) is 1. The summed E-state index contributed by atoms with van der Waals surface area (Å²) in [6.45, 7) is 3.76. The number of nitrogens with one attached hydrogen (secondary N) is 2. The van der Waals surface area contributed by atoms with Crippen LogP contribution < -0.4 is 10.1 Å². The van der Waals surface area contributed by atoms with Crippen LogP contribution in [0.15, 0.2) is 63.0 Å². The van der Waals surface area contributed by atoms with E-state index in [4.69, 9.17) is 0 Å². The third-order valence-corrected chi connectivity index (χ3v) is 5.31. The van der Waals surface area contributed by atoms with Crippen molar-refractivity contribution in [3.8, 4) is 0 Å². The average molecular weight is 424 g/mol. The molecule has 0 spiro atoms. The molecule has 2 aromatic rings. The second-order valence-electron chi connectivity index (χ2n) is 5.28. The van der Waals surface area contributed by atoms with E-state index in [9.17, 15) is 13.2 Å². The van der Waals surface area contributed by atoms with Gasteiger partial charge in [-0.05, 0) is 61.9 Å². The van der Waals surface area contributed by atoms with Crippen molar-refractivity contribution in [1.82, 2.24) is 5.43 Å². The number of sulfonamides is 1. The summed E-state index contributed by atoms with van der Waals surface area (Å²) in [5.74, 6) is -0.352. The first-order chi connectivity index (χ1) is 11.8. The summed E-state index contributed by atoms with van der Waals surface area (Å²) in [6.07, 6.45) is 0.747. The van der Waals surface area contributed by atoms with Crippen LogP contribution in [0.4, 0.5) is 5.69 Å². The highest BCUT2D eigenvalue weighted by atomic mass is 79.9. The van der Waals surface area contributed by atoms with Crippen LogP contribution in [0, 0.1) is 0 Å². The molecule has 1 amide bonds. The van der Waals surface area contributed by atoms with E-state index in [1.807, 2.05) is 13.8 Å². The molecule has 0 aromatic heterocycles. The third kappa shape index (κ3) is 5.40. The molecule has 0 aliphatic carbocycles. The van der Waals surface area contributed by atoms with Crippen molar-refractivity contribution in [3.05, 3.63) is 58.6 Å². The minimum absolute atomic E-state index is 0.155. The highest BCUT2D eigenvalue weighted by Crippen LogP contribution is 2.19. The molecule has 25 heavy (non-hydrogen) atoms. The highest BCUT2D eigenvalue weighted by molar-refractivity contribution is 9.10. The number of benzene rings is 2. The molecule has 2 aromatic carbocycles. The van der Waals surface area contributed by atoms with Crippen LogP contribution in [0.3, 0.4) is 0 Å². The fourth-order valence-corrected chi connectivity index (χ4v) is 3.13. The Bertz CT molecular complexity index is 876. The van der Waals surface area contributed by atoms with Crippen LogP contribution >= 0.6 is 15.9 Å². The van der Waals surface area contributed by atoms with Gasteiger partial charge < -0.3 is 0 Å². The summed E-state index contributed by atoms with van der Waals surface area (Å²) < 4.78 is 27.9. The van der Waals surface area contributed by atoms with E-state index in [0.717, 1.165) is 16.6 Å². The molecule has 8 heteroatoms. The van der Waals surface area contributed by atoms with Crippen molar-refractivity contribution in [2.75, 3.05) is 4.72 Å². The number of halogens is 1. The summed E-state index contributed by atoms with van der Waals surface area (Å²) in [5, 5.41) is 3.95. The van der Waals surface area contributed by atoms with Gasteiger partial charge in [0.05, 0.1) is 4.90 Å². The molecule has 0 fully saturated rings. The zero-order valence-corrected chi connectivity index (χ0v) is 16.2. The van der Waals surface area contributed by atoms with Crippen molar-refractivity contribution in [3.63, 3.8) is 0 Å². The first-order valence-electron chi connectivity index (χ1n) is 7.54. The standard InChI is InChI=1S/C17H18BrN3O3S/c1-3-12(2)19-20-17(22)13-4-8-15(9-5-13)21-25(23,24)16-10-6-14(18)7-11-16/h4-11,21H,3H2,1-2H3,(H,20,22)/b19-12+. The average Bonchev–Trinajstić information content (AvgIpc) is 2.60. The molecule has 2 rings (SSSR count). The van der Waals surface area contributed by atoms with Crippen LogP contribution in [0.5, 0.6) is 0 Å². The normalized spacial score (nSPS) is 11.9. The summed E-state index contributed by atoms with van der Waals surface area (Å²) in [4.78, 5) is 12.1. The maximum Gasteiger partial charge on any atom is 0.271 e. The Kier molecular flexibility index (Phi) is 6.33. The van der Waals surface area contributed by atoms with Gasteiger partial charge in [0.1, 0.15) is 0 Å². The van der Waals surface area contributed by atoms with Crippen LogP contribution in [-0.4, -0.2) is 20.0 Å². The first-order valence-corrected chi connectivity index (χ1v) is 9.81. The minimum atomic E-state index is -3.68. The number of hydrogen-bond acceptors (Lipinski definition) is 4. The molecule has 0 atom stereocenters. The maximum absolute atomic E-state index is 12.3.